The van der Waals surface area contributed by atoms with Gasteiger partial charge in [0.2, 0.25) is 0 Å². The van der Waals surface area contributed by atoms with Crippen molar-refractivity contribution < 1.29 is 9.90 Å². The van der Waals surface area contributed by atoms with E-state index in [1.54, 1.807) is 54.6 Å². The zero-order valence-corrected chi connectivity index (χ0v) is 13.5. The number of carbonyl (C=O) groups excluding carboxylic acids is 1. The Balaban J connectivity index is 0.000000203. The minimum Gasteiger partial charge on any atom is -0.508 e. The molecule has 0 amide bonds. The van der Waals surface area contributed by atoms with Crippen LogP contribution >= 0.6 is 23.2 Å². The van der Waals surface area contributed by atoms with Gasteiger partial charge in [-0.05, 0) is 66.8 Å². The fourth-order valence-electron chi connectivity index (χ4n) is 1.66. The van der Waals surface area contributed by atoms with Gasteiger partial charge in [-0.25, -0.2) is 4.99 Å². The lowest BCUT2D eigenvalue weighted by Crippen LogP contribution is -1.98. The summed E-state index contributed by atoms with van der Waals surface area (Å²) >= 11 is 11.1. The van der Waals surface area contributed by atoms with E-state index < -0.39 is 0 Å². The Hall–Kier alpha value is -2.36. The van der Waals surface area contributed by atoms with Gasteiger partial charge in [-0.1, -0.05) is 29.3 Å². The molecule has 0 bridgehead atoms. The summed E-state index contributed by atoms with van der Waals surface area (Å²) in [7, 11) is 0. The second-order valence-corrected chi connectivity index (χ2v) is 5.43. The third kappa shape index (κ3) is 6.10. The summed E-state index contributed by atoms with van der Waals surface area (Å²) in [5, 5.41) is 10.4. The van der Waals surface area contributed by atoms with Crippen LogP contribution in [0.3, 0.4) is 0 Å². The number of carbonyl (C=O) groups is 1. The van der Waals surface area contributed by atoms with Crippen LogP contribution in [-0.2, 0) is 4.79 Å². The average molecular weight is 346 g/mol. The molecule has 3 rings (SSSR count). The lowest BCUT2D eigenvalue weighted by molar-refractivity contribution is -0.110. The first-order chi connectivity index (χ1) is 11.0. The first-order valence-corrected chi connectivity index (χ1v) is 7.47. The van der Waals surface area contributed by atoms with Crippen molar-refractivity contribution in [2.75, 3.05) is 0 Å². The lowest BCUT2D eigenvalue weighted by atomic mass is 10.1. The summed E-state index contributed by atoms with van der Waals surface area (Å²) in [6, 6.07) is 13.6. The molecular formula is C18H13Cl2NO2. The van der Waals surface area contributed by atoms with Crippen molar-refractivity contribution in [1.82, 2.24) is 0 Å². The number of phenolic OH excluding ortho intramolecular Hbond substituents is 1. The number of hydrogen-bond acceptors (Lipinski definition) is 3. The summed E-state index contributed by atoms with van der Waals surface area (Å²) in [6.45, 7) is 0. The normalized spacial score (nSPS) is 12.6. The molecule has 1 aliphatic rings. The highest BCUT2D eigenvalue weighted by atomic mass is 35.5. The van der Waals surface area contributed by atoms with Gasteiger partial charge in [0.15, 0.2) is 5.78 Å². The number of allylic oxidation sites excluding steroid dienone is 4. The van der Waals surface area contributed by atoms with E-state index in [0.717, 1.165) is 11.4 Å². The SMILES string of the molecule is Clc1cccc(Cl)c1.O=C1C=CC(=Nc2ccc(O)cc2)C=C1. The molecule has 0 atom stereocenters. The third-order valence-electron chi connectivity index (χ3n) is 2.73. The molecule has 116 valence electrons. The summed E-state index contributed by atoms with van der Waals surface area (Å²) in [5.41, 5.74) is 1.46. The van der Waals surface area contributed by atoms with Gasteiger partial charge in [-0.15, -0.1) is 0 Å². The van der Waals surface area contributed by atoms with Crippen LogP contribution in [-0.4, -0.2) is 16.6 Å². The number of ketones is 1. The van der Waals surface area contributed by atoms with Gasteiger partial charge < -0.3 is 5.11 Å². The zero-order valence-electron chi connectivity index (χ0n) is 12.0. The van der Waals surface area contributed by atoms with Gasteiger partial charge in [-0.2, -0.15) is 0 Å². The number of phenols is 1. The maximum atomic E-state index is 10.8. The van der Waals surface area contributed by atoms with Crippen LogP contribution in [0.2, 0.25) is 10.0 Å². The van der Waals surface area contributed by atoms with Crippen LogP contribution in [0.1, 0.15) is 0 Å². The molecule has 1 aliphatic carbocycles. The Bertz CT molecular complexity index is 743. The Kier molecular flexibility index (Phi) is 6.15. The summed E-state index contributed by atoms with van der Waals surface area (Å²) in [6.07, 6.45) is 6.27. The van der Waals surface area contributed by atoms with E-state index in [0.29, 0.717) is 10.0 Å². The van der Waals surface area contributed by atoms with Crippen molar-refractivity contribution in [2.45, 2.75) is 0 Å². The molecule has 0 radical (unpaired) electrons. The van der Waals surface area contributed by atoms with Gasteiger partial charge in [0.25, 0.3) is 0 Å². The third-order valence-corrected chi connectivity index (χ3v) is 3.20. The molecule has 0 unspecified atom stereocenters. The van der Waals surface area contributed by atoms with Crippen molar-refractivity contribution in [1.29, 1.82) is 0 Å². The number of benzene rings is 2. The molecule has 0 heterocycles. The van der Waals surface area contributed by atoms with Crippen LogP contribution in [0.25, 0.3) is 0 Å². The average Bonchev–Trinajstić information content (AvgIpc) is 2.52. The highest BCUT2D eigenvalue weighted by Gasteiger charge is 1.99. The van der Waals surface area contributed by atoms with Crippen LogP contribution in [0.5, 0.6) is 5.75 Å². The van der Waals surface area contributed by atoms with E-state index in [2.05, 4.69) is 4.99 Å². The number of aromatic hydroxyl groups is 1. The Morgan fingerprint density at radius 2 is 1.39 bits per heavy atom. The van der Waals surface area contributed by atoms with E-state index in [-0.39, 0.29) is 11.5 Å². The highest BCUT2D eigenvalue weighted by molar-refractivity contribution is 6.34. The number of rotatable bonds is 1. The molecule has 2 aromatic rings. The molecule has 3 nitrogen and oxygen atoms in total. The van der Waals surface area contributed by atoms with E-state index in [1.165, 1.54) is 12.2 Å². The maximum absolute atomic E-state index is 10.8. The minimum atomic E-state index is -0.0281. The molecule has 5 heteroatoms. The first kappa shape index (κ1) is 17.0. The summed E-state index contributed by atoms with van der Waals surface area (Å²) in [5.74, 6) is 0.184. The van der Waals surface area contributed by atoms with Crippen LogP contribution in [0.15, 0.2) is 77.8 Å². The lowest BCUT2D eigenvalue weighted by Gasteiger charge is -1.99. The molecule has 23 heavy (non-hydrogen) atoms. The molecule has 0 aliphatic heterocycles. The van der Waals surface area contributed by atoms with Gasteiger partial charge in [-0.3, -0.25) is 4.79 Å². The second-order valence-electron chi connectivity index (χ2n) is 4.56. The zero-order chi connectivity index (χ0) is 16.7. The number of halogens is 2. The minimum absolute atomic E-state index is 0.0281. The van der Waals surface area contributed by atoms with Gasteiger partial charge in [0, 0.05) is 10.0 Å². The molecular weight excluding hydrogens is 333 g/mol. The predicted octanol–water partition coefficient (Wildman–Crippen LogP) is 5.15. The van der Waals surface area contributed by atoms with E-state index in [9.17, 15) is 4.79 Å². The highest BCUT2D eigenvalue weighted by Crippen LogP contribution is 2.17. The predicted molar refractivity (Wildman–Crippen MR) is 95.0 cm³/mol. The Morgan fingerprint density at radius 1 is 0.826 bits per heavy atom. The van der Waals surface area contributed by atoms with E-state index in [1.807, 2.05) is 6.07 Å². The smallest absolute Gasteiger partial charge is 0.178 e. The van der Waals surface area contributed by atoms with Crippen molar-refractivity contribution in [3.8, 4) is 5.75 Å². The summed E-state index contributed by atoms with van der Waals surface area (Å²) < 4.78 is 0. The molecule has 0 fully saturated rings. The van der Waals surface area contributed by atoms with E-state index in [4.69, 9.17) is 28.3 Å². The van der Waals surface area contributed by atoms with Gasteiger partial charge in [0.1, 0.15) is 5.75 Å². The quantitative estimate of drug-likeness (QED) is 0.726. The van der Waals surface area contributed by atoms with Crippen LogP contribution in [0, 0.1) is 0 Å². The fraction of sp³-hybridized carbons (Fsp3) is 0. The van der Waals surface area contributed by atoms with Gasteiger partial charge in [0.05, 0.1) is 11.4 Å². The molecule has 2 aromatic carbocycles. The van der Waals surface area contributed by atoms with Crippen LogP contribution < -0.4 is 0 Å². The Morgan fingerprint density at radius 3 is 1.87 bits per heavy atom. The number of hydrogen-bond donors (Lipinski definition) is 1. The second kappa shape index (κ2) is 8.32. The topological polar surface area (TPSA) is 49.7 Å². The standard InChI is InChI=1S/C12H9NO2.C6H4Cl2/c14-11-5-1-9(2-6-11)13-10-3-7-12(15)8-4-10;7-5-2-1-3-6(8)4-5/h1-8,14H;1-4H. The largest absolute Gasteiger partial charge is 0.508 e. The van der Waals surface area contributed by atoms with Crippen LogP contribution in [0.4, 0.5) is 5.69 Å². The molecule has 0 aromatic heterocycles. The number of nitrogens with zero attached hydrogens (tertiary/aromatic N) is 1. The summed E-state index contributed by atoms with van der Waals surface area (Å²) in [4.78, 5) is 15.1. The first-order valence-electron chi connectivity index (χ1n) is 6.72. The molecule has 0 saturated carbocycles. The van der Waals surface area contributed by atoms with Crippen molar-refractivity contribution in [2.24, 2.45) is 4.99 Å². The van der Waals surface area contributed by atoms with Gasteiger partial charge >= 0.3 is 0 Å². The molecule has 0 spiro atoms. The molecule has 1 N–H and O–H groups in total. The Labute approximate surface area is 144 Å². The van der Waals surface area contributed by atoms with Crippen molar-refractivity contribution in [3.05, 3.63) is 82.9 Å². The number of aliphatic imine (C=N–C) groups is 1. The van der Waals surface area contributed by atoms with Crippen molar-refractivity contribution >= 4 is 40.4 Å². The maximum Gasteiger partial charge on any atom is 0.178 e. The van der Waals surface area contributed by atoms with Crippen molar-refractivity contribution in [3.63, 3.8) is 0 Å². The molecule has 0 saturated heterocycles. The monoisotopic (exact) mass is 345 g/mol. The van der Waals surface area contributed by atoms with E-state index >= 15 is 0 Å². The fourth-order valence-corrected chi connectivity index (χ4v) is 2.09.